The van der Waals surface area contributed by atoms with Crippen LogP contribution in [0.2, 0.25) is 0 Å². The molecule has 3 rings (SSSR count). The topological polar surface area (TPSA) is 92.7 Å². The molecule has 1 amide bonds. The fraction of sp³-hybridized carbons (Fsp3) is 0.333. The van der Waals surface area contributed by atoms with Crippen molar-refractivity contribution in [1.29, 1.82) is 0 Å². The van der Waals surface area contributed by atoms with E-state index in [9.17, 15) is 14.3 Å². The second-order valence-electron chi connectivity index (χ2n) is 7.53. The highest BCUT2D eigenvalue weighted by atomic mass is 79.9. The molecule has 31 heavy (non-hydrogen) atoms. The molecule has 3 aromatic rings. The summed E-state index contributed by atoms with van der Waals surface area (Å²) in [6.45, 7) is 5.41. The molecule has 0 radical (unpaired) electrons. The summed E-state index contributed by atoms with van der Waals surface area (Å²) in [5.74, 6) is -2.21. The number of nitrogens with zero attached hydrogens (tertiary/aromatic N) is 1. The van der Waals surface area contributed by atoms with Crippen molar-refractivity contribution in [2.75, 3.05) is 18.5 Å². The normalized spacial score (nSPS) is 12.7. The van der Waals surface area contributed by atoms with Gasteiger partial charge in [0.2, 0.25) is 0 Å². The Hall–Kier alpha value is -2.11. The molecule has 0 aliphatic heterocycles. The van der Waals surface area contributed by atoms with Gasteiger partial charge in [-0.15, -0.1) is 11.3 Å². The molecule has 10 heteroatoms. The van der Waals surface area contributed by atoms with E-state index in [4.69, 9.17) is 9.57 Å². The molecule has 0 aliphatic rings. The molecule has 2 aromatic heterocycles. The molecule has 7 nitrogen and oxygen atoms in total. The van der Waals surface area contributed by atoms with Crippen LogP contribution in [0.25, 0.3) is 10.1 Å². The number of anilines is 2. The molecule has 1 atom stereocenters. The van der Waals surface area contributed by atoms with Gasteiger partial charge in [-0.25, -0.2) is 9.87 Å². The highest BCUT2D eigenvalue weighted by molar-refractivity contribution is 9.10. The number of fused-ring (bicyclic) bond motifs is 1. The summed E-state index contributed by atoms with van der Waals surface area (Å²) < 4.78 is 21.1. The third-order valence-corrected chi connectivity index (χ3v) is 5.80. The van der Waals surface area contributed by atoms with Crippen LogP contribution in [-0.4, -0.2) is 35.0 Å². The van der Waals surface area contributed by atoms with Crippen molar-refractivity contribution in [1.82, 2.24) is 10.5 Å². The predicted octanol–water partition coefficient (Wildman–Crippen LogP) is 4.98. The zero-order valence-electron chi connectivity index (χ0n) is 17.2. The Balaban J connectivity index is 1.74. The first-order valence-corrected chi connectivity index (χ1v) is 11.1. The van der Waals surface area contributed by atoms with Gasteiger partial charge in [0, 0.05) is 32.9 Å². The molecular weight excluding hydrogens is 489 g/mol. The molecule has 0 fully saturated rings. The van der Waals surface area contributed by atoms with E-state index in [-0.39, 0.29) is 24.8 Å². The van der Waals surface area contributed by atoms with Crippen LogP contribution in [-0.2, 0) is 9.57 Å². The first-order chi connectivity index (χ1) is 14.6. The first-order valence-electron chi connectivity index (χ1n) is 9.51. The second kappa shape index (κ2) is 10.0. The molecule has 1 aromatic carbocycles. The second-order valence-corrected chi connectivity index (χ2v) is 9.50. The molecule has 0 bridgehead atoms. The van der Waals surface area contributed by atoms with E-state index >= 15 is 0 Å². The Bertz CT molecular complexity index is 1070. The minimum Gasteiger partial charge on any atom is -0.366 e. The van der Waals surface area contributed by atoms with Crippen molar-refractivity contribution in [2.24, 2.45) is 5.92 Å². The summed E-state index contributed by atoms with van der Waals surface area (Å²) in [5, 5.41) is 13.3. The fourth-order valence-electron chi connectivity index (χ4n) is 2.64. The van der Waals surface area contributed by atoms with E-state index in [0.717, 1.165) is 4.70 Å². The van der Waals surface area contributed by atoms with Gasteiger partial charge in [-0.3, -0.25) is 14.6 Å². The summed E-state index contributed by atoms with van der Waals surface area (Å²) in [6.07, 6.45) is 3.25. The monoisotopic (exact) mass is 511 g/mol. The maximum atomic E-state index is 14.4. The van der Waals surface area contributed by atoms with Gasteiger partial charge in [-0.1, -0.05) is 22.9 Å². The lowest BCUT2D eigenvalue weighted by molar-refractivity contribution is -0.186. The SMILES string of the molecule is C[C@@H](CONC(=O)c1sc2ccncc2c1Nc1ccc(Br)cc1F)COC(C)(C)O. The number of carbonyl (C=O) groups is 1. The number of hydrogen-bond acceptors (Lipinski definition) is 7. The van der Waals surface area contributed by atoms with Crippen molar-refractivity contribution < 1.29 is 23.9 Å². The van der Waals surface area contributed by atoms with Gasteiger partial charge >= 0.3 is 0 Å². The number of carbonyl (C=O) groups excluding carboxylic acids is 1. The lowest BCUT2D eigenvalue weighted by Gasteiger charge is -2.21. The maximum absolute atomic E-state index is 14.4. The van der Waals surface area contributed by atoms with Gasteiger partial charge in [-0.2, -0.15) is 0 Å². The Morgan fingerprint density at radius 2 is 2.13 bits per heavy atom. The first kappa shape index (κ1) is 23.6. The van der Waals surface area contributed by atoms with Crippen molar-refractivity contribution >= 4 is 54.6 Å². The Kier molecular flexibility index (Phi) is 7.60. The van der Waals surface area contributed by atoms with Crippen molar-refractivity contribution in [3.8, 4) is 0 Å². The number of halogens is 2. The maximum Gasteiger partial charge on any atom is 0.287 e. The van der Waals surface area contributed by atoms with Gasteiger partial charge in [0.25, 0.3) is 5.91 Å². The molecular formula is C21H23BrFN3O4S. The molecule has 0 saturated carbocycles. The number of hydrogen-bond donors (Lipinski definition) is 3. The third kappa shape index (κ3) is 6.44. The average Bonchev–Trinajstić information content (AvgIpc) is 3.06. The zero-order chi connectivity index (χ0) is 22.6. The molecule has 0 spiro atoms. The van der Waals surface area contributed by atoms with E-state index in [1.165, 1.54) is 17.4 Å². The molecule has 0 saturated heterocycles. The van der Waals surface area contributed by atoms with E-state index in [2.05, 4.69) is 31.7 Å². The number of aromatic nitrogens is 1. The van der Waals surface area contributed by atoms with Gasteiger partial charge in [0.05, 0.1) is 24.6 Å². The summed E-state index contributed by atoms with van der Waals surface area (Å²) >= 11 is 4.48. The number of aliphatic hydroxyl groups is 1. The predicted molar refractivity (Wildman–Crippen MR) is 122 cm³/mol. The van der Waals surface area contributed by atoms with E-state index in [1.54, 1.807) is 44.4 Å². The van der Waals surface area contributed by atoms with Gasteiger partial charge in [0.15, 0.2) is 5.79 Å². The van der Waals surface area contributed by atoms with Crippen LogP contribution in [0.4, 0.5) is 15.8 Å². The standard InChI is InChI=1S/C21H23BrFN3O4S/c1-12(10-29-21(2,3)28)11-30-26-20(27)19-18(14-9-24-7-6-17(14)31-19)25-16-5-4-13(22)8-15(16)23/h4-9,12,25,28H,10-11H2,1-3H3,(H,26,27)/t12-/m1/s1. The molecule has 3 N–H and O–H groups in total. The van der Waals surface area contributed by atoms with Crippen molar-refractivity contribution in [3.63, 3.8) is 0 Å². The lowest BCUT2D eigenvalue weighted by Crippen LogP contribution is -2.30. The summed E-state index contributed by atoms with van der Waals surface area (Å²) in [7, 11) is 0. The van der Waals surface area contributed by atoms with Crippen LogP contribution in [0, 0.1) is 11.7 Å². The molecule has 2 heterocycles. The number of benzene rings is 1. The third-order valence-electron chi connectivity index (χ3n) is 4.14. The highest BCUT2D eigenvalue weighted by Gasteiger charge is 2.21. The summed E-state index contributed by atoms with van der Waals surface area (Å²) in [4.78, 5) is 22.6. The molecule has 166 valence electrons. The molecule has 0 aliphatic carbocycles. The molecule has 0 unspecified atom stereocenters. The van der Waals surface area contributed by atoms with E-state index in [0.29, 0.717) is 20.4 Å². The van der Waals surface area contributed by atoms with Crippen LogP contribution < -0.4 is 10.8 Å². The van der Waals surface area contributed by atoms with Gasteiger partial charge in [-0.05, 0) is 38.1 Å². The number of nitrogens with one attached hydrogen (secondary N) is 2. The van der Waals surface area contributed by atoms with Crippen LogP contribution in [0.3, 0.4) is 0 Å². The van der Waals surface area contributed by atoms with Gasteiger partial charge in [0.1, 0.15) is 10.7 Å². The fourth-order valence-corrected chi connectivity index (χ4v) is 3.99. The largest absolute Gasteiger partial charge is 0.366 e. The highest BCUT2D eigenvalue weighted by Crippen LogP contribution is 2.37. The van der Waals surface area contributed by atoms with E-state index in [1.807, 2.05) is 6.92 Å². The van der Waals surface area contributed by atoms with Crippen LogP contribution >= 0.6 is 27.3 Å². The number of amides is 1. The Morgan fingerprint density at radius 1 is 1.35 bits per heavy atom. The Morgan fingerprint density at radius 3 is 2.84 bits per heavy atom. The van der Waals surface area contributed by atoms with Gasteiger partial charge < -0.3 is 15.2 Å². The number of hydroxylamine groups is 1. The number of rotatable bonds is 9. The smallest absolute Gasteiger partial charge is 0.287 e. The summed E-state index contributed by atoms with van der Waals surface area (Å²) in [5.41, 5.74) is 3.12. The van der Waals surface area contributed by atoms with Crippen molar-refractivity contribution in [3.05, 3.63) is 51.8 Å². The van der Waals surface area contributed by atoms with Crippen LogP contribution in [0.5, 0.6) is 0 Å². The number of ether oxygens (including phenoxy) is 1. The minimum absolute atomic E-state index is 0.0622. The lowest BCUT2D eigenvalue weighted by atomic mass is 10.2. The summed E-state index contributed by atoms with van der Waals surface area (Å²) in [6, 6.07) is 6.42. The van der Waals surface area contributed by atoms with Crippen LogP contribution in [0.1, 0.15) is 30.4 Å². The van der Waals surface area contributed by atoms with E-state index < -0.39 is 17.5 Å². The zero-order valence-corrected chi connectivity index (χ0v) is 19.6. The Labute approximate surface area is 191 Å². The number of pyridine rings is 1. The quantitative estimate of drug-likeness (QED) is 0.277. The average molecular weight is 512 g/mol. The number of thiophene rings is 1. The van der Waals surface area contributed by atoms with Crippen LogP contribution in [0.15, 0.2) is 41.1 Å². The van der Waals surface area contributed by atoms with Crippen molar-refractivity contribution in [2.45, 2.75) is 26.6 Å². The minimum atomic E-state index is -1.23.